The zero-order valence-corrected chi connectivity index (χ0v) is 10.1. The van der Waals surface area contributed by atoms with Gasteiger partial charge in [0.15, 0.2) is 0 Å². The molecule has 3 aromatic rings. The van der Waals surface area contributed by atoms with E-state index in [0.717, 1.165) is 10.7 Å². The summed E-state index contributed by atoms with van der Waals surface area (Å²) in [5.74, 6) is 0. The van der Waals surface area contributed by atoms with Crippen LogP contribution in [0.2, 0.25) is 0 Å². The summed E-state index contributed by atoms with van der Waals surface area (Å²) in [5.41, 5.74) is 7.77. The van der Waals surface area contributed by atoms with Crippen LogP contribution in [0.4, 0.5) is 0 Å². The molecule has 0 bridgehead atoms. The molecule has 2 heterocycles. The van der Waals surface area contributed by atoms with Crippen LogP contribution in [0.1, 0.15) is 5.69 Å². The maximum absolute atomic E-state index is 5.58. The maximum Gasteiger partial charge on any atom is 0.125 e. The van der Waals surface area contributed by atoms with Gasteiger partial charge in [-0.3, -0.25) is 0 Å². The smallest absolute Gasteiger partial charge is 0.125 e. The van der Waals surface area contributed by atoms with E-state index in [1.54, 1.807) is 22.7 Å². The molecule has 0 radical (unpaired) electrons. The van der Waals surface area contributed by atoms with Crippen LogP contribution >= 0.6 is 22.7 Å². The van der Waals surface area contributed by atoms with Crippen LogP contribution in [0, 0.1) is 0 Å². The maximum atomic E-state index is 5.58. The predicted molar refractivity (Wildman–Crippen MR) is 70.8 cm³/mol. The Morgan fingerprint density at radius 3 is 2.81 bits per heavy atom. The minimum Gasteiger partial charge on any atom is -0.325 e. The highest BCUT2D eigenvalue weighted by atomic mass is 32.1. The van der Waals surface area contributed by atoms with Crippen molar-refractivity contribution in [1.82, 2.24) is 4.98 Å². The van der Waals surface area contributed by atoms with Gasteiger partial charge in [0.25, 0.3) is 0 Å². The minimum absolute atomic E-state index is 0.512. The normalized spacial score (nSPS) is 11.1. The number of nitrogens with two attached hydrogens (primary N) is 1. The lowest BCUT2D eigenvalue weighted by Crippen LogP contribution is -1.95. The summed E-state index contributed by atoms with van der Waals surface area (Å²) in [5, 5.41) is 6.55. The van der Waals surface area contributed by atoms with Crippen molar-refractivity contribution in [2.45, 2.75) is 6.54 Å². The van der Waals surface area contributed by atoms with Crippen molar-refractivity contribution >= 4 is 32.8 Å². The van der Waals surface area contributed by atoms with E-state index in [2.05, 4.69) is 34.6 Å². The average Bonchev–Trinajstić information content (AvgIpc) is 2.94. The van der Waals surface area contributed by atoms with Crippen molar-refractivity contribution in [3.05, 3.63) is 40.7 Å². The zero-order valence-electron chi connectivity index (χ0n) is 8.51. The topological polar surface area (TPSA) is 38.9 Å². The van der Waals surface area contributed by atoms with E-state index in [1.807, 2.05) is 5.38 Å². The van der Waals surface area contributed by atoms with E-state index in [9.17, 15) is 0 Å². The van der Waals surface area contributed by atoms with Gasteiger partial charge in [0.2, 0.25) is 0 Å². The molecule has 0 atom stereocenters. The first-order valence-electron chi connectivity index (χ1n) is 4.99. The van der Waals surface area contributed by atoms with Crippen LogP contribution in [0.25, 0.3) is 20.7 Å². The monoisotopic (exact) mass is 246 g/mol. The fourth-order valence-corrected chi connectivity index (χ4v) is 3.55. The van der Waals surface area contributed by atoms with Crippen molar-refractivity contribution in [2.75, 3.05) is 0 Å². The summed E-state index contributed by atoms with van der Waals surface area (Å²) in [6.45, 7) is 0.512. The van der Waals surface area contributed by atoms with Gasteiger partial charge in [-0.25, -0.2) is 4.98 Å². The molecule has 80 valence electrons. The highest BCUT2D eigenvalue weighted by Gasteiger charge is 2.09. The van der Waals surface area contributed by atoms with Crippen LogP contribution in [0.15, 0.2) is 35.0 Å². The quantitative estimate of drug-likeness (QED) is 0.751. The lowest BCUT2D eigenvalue weighted by atomic mass is 10.2. The Hall–Kier alpha value is -1.23. The van der Waals surface area contributed by atoms with E-state index in [0.29, 0.717) is 6.54 Å². The van der Waals surface area contributed by atoms with Crippen molar-refractivity contribution in [3.8, 4) is 10.6 Å². The third-order valence-electron chi connectivity index (χ3n) is 2.47. The summed E-state index contributed by atoms with van der Waals surface area (Å²) >= 11 is 3.42. The largest absolute Gasteiger partial charge is 0.325 e. The lowest BCUT2D eigenvalue weighted by Gasteiger charge is -1.93. The number of benzene rings is 1. The molecule has 1 aromatic carbocycles. The molecule has 3 rings (SSSR count). The molecule has 0 saturated carbocycles. The second-order valence-corrected chi connectivity index (χ2v) is 5.26. The van der Waals surface area contributed by atoms with Gasteiger partial charge >= 0.3 is 0 Å². The van der Waals surface area contributed by atoms with Crippen LogP contribution in [0.5, 0.6) is 0 Å². The number of rotatable bonds is 2. The minimum atomic E-state index is 0.512. The molecule has 2 nitrogen and oxygen atoms in total. The Morgan fingerprint density at radius 2 is 2.00 bits per heavy atom. The van der Waals surface area contributed by atoms with Gasteiger partial charge in [-0.1, -0.05) is 18.2 Å². The summed E-state index contributed by atoms with van der Waals surface area (Å²) < 4.78 is 1.31. The van der Waals surface area contributed by atoms with E-state index < -0.39 is 0 Å². The molecule has 0 aliphatic rings. The summed E-state index contributed by atoms with van der Waals surface area (Å²) in [6, 6.07) is 8.41. The van der Waals surface area contributed by atoms with E-state index in [4.69, 9.17) is 5.73 Å². The molecule has 16 heavy (non-hydrogen) atoms. The number of thiophene rings is 1. The molecule has 2 aromatic heterocycles. The second kappa shape index (κ2) is 3.97. The molecule has 0 spiro atoms. The Kier molecular flexibility index (Phi) is 2.47. The van der Waals surface area contributed by atoms with E-state index >= 15 is 0 Å². The molecule has 0 aliphatic heterocycles. The van der Waals surface area contributed by atoms with Crippen LogP contribution in [-0.4, -0.2) is 4.98 Å². The van der Waals surface area contributed by atoms with Gasteiger partial charge in [0, 0.05) is 33.0 Å². The van der Waals surface area contributed by atoms with Crippen molar-refractivity contribution in [2.24, 2.45) is 5.73 Å². The molecule has 2 N–H and O–H groups in total. The zero-order chi connectivity index (χ0) is 11.0. The standard InChI is InChI=1S/C12H10N2S2/c13-5-8-6-16-12(14-8)10-7-15-11-4-2-1-3-9(10)11/h1-4,6-7H,5,13H2. The first-order chi connectivity index (χ1) is 7.88. The fraction of sp³-hybridized carbons (Fsp3) is 0.0833. The number of hydrogen-bond acceptors (Lipinski definition) is 4. The first kappa shape index (κ1) is 9.96. The molecule has 0 aliphatic carbocycles. The van der Waals surface area contributed by atoms with Crippen LogP contribution in [0.3, 0.4) is 0 Å². The summed E-state index contributed by atoms with van der Waals surface area (Å²) in [6.07, 6.45) is 0. The van der Waals surface area contributed by atoms with Crippen LogP contribution in [-0.2, 0) is 6.54 Å². The fourth-order valence-electron chi connectivity index (χ4n) is 1.67. The molecule has 0 amide bonds. The number of hydrogen-bond donors (Lipinski definition) is 1. The van der Waals surface area contributed by atoms with Crippen molar-refractivity contribution < 1.29 is 0 Å². The number of thiazole rings is 1. The highest BCUT2D eigenvalue weighted by molar-refractivity contribution is 7.18. The van der Waals surface area contributed by atoms with Gasteiger partial charge in [-0.05, 0) is 6.07 Å². The summed E-state index contributed by atoms with van der Waals surface area (Å²) in [4.78, 5) is 4.52. The van der Waals surface area contributed by atoms with Gasteiger partial charge < -0.3 is 5.73 Å². The van der Waals surface area contributed by atoms with Crippen LogP contribution < -0.4 is 5.73 Å². The lowest BCUT2D eigenvalue weighted by molar-refractivity contribution is 1.01. The van der Waals surface area contributed by atoms with Gasteiger partial charge in [-0.15, -0.1) is 22.7 Å². The Bertz CT molecular complexity index is 625. The molecular formula is C12H10N2S2. The number of nitrogens with zero attached hydrogens (tertiary/aromatic N) is 1. The predicted octanol–water partition coefficient (Wildman–Crippen LogP) is 3.48. The average molecular weight is 246 g/mol. The third kappa shape index (κ3) is 1.55. The summed E-state index contributed by atoms with van der Waals surface area (Å²) in [7, 11) is 0. The van der Waals surface area contributed by atoms with E-state index in [1.165, 1.54) is 15.6 Å². The van der Waals surface area contributed by atoms with Gasteiger partial charge in [0.05, 0.1) is 5.69 Å². The number of fused-ring (bicyclic) bond motifs is 1. The second-order valence-electron chi connectivity index (χ2n) is 3.49. The molecule has 0 unspecified atom stereocenters. The number of aromatic nitrogens is 1. The van der Waals surface area contributed by atoms with Gasteiger partial charge in [0.1, 0.15) is 5.01 Å². The van der Waals surface area contributed by atoms with Crippen molar-refractivity contribution in [3.63, 3.8) is 0 Å². The molecule has 0 saturated heterocycles. The first-order valence-corrected chi connectivity index (χ1v) is 6.75. The Labute approximate surface area is 101 Å². The SMILES string of the molecule is NCc1csc(-c2csc3ccccc23)n1. The van der Waals surface area contributed by atoms with Crippen molar-refractivity contribution in [1.29, 1.82) is 0 Å². The van der Waals surface area contributed by atoms with E-state index in [-0.39, 0.29) is 0 Å². The Morgan fingerprint density at radius 1 is 1.12 bits per heavy atom. The molecule has 4 heteroatoms. The Balaban J connectivity index is 2.18. The molecular weight excluding hydrogens is 236 g/mol. The highest BCUT2D eigenvalue weighted by Crippen LogP contribution is 2.35. The third-order valence-corrected chi connectivity index (χ3v) is 4.36. The molecule has 0 fully saturated rings. The van der Waals surface area contributed by atoms with Gasteiger partial charge in [-0.2, -0.15) is 0 Å².